The van der Waals surface area contributed by atoms with Gasteiger partial charge in [-0.25, -0.2) is 17.8 Å². The predicted octanol–water partition coefficient (Wildman–Crippen LogP) is 3.92. The first-order valence-electron chi connectivity index (χ1n) is 11.2. The van der Waals surface area contributed by atoms with E-state index in [2.05, 4.69) is 10.3 Å². The largest absolute Gasteiger partial charge is 0.494 e. The second-order valence-corrected chi connectivity index (χ2v) is 9.63. The number of halogens is 1. The summed E-state index contributed by atoms with van der Waals surface area (Å²) < 4.78 is 48.7. The number of rotatable bonds is 10. The monoisotopic (exact) mass is 508 g/mol. The van der Waals surface area contributed by atoms with Gasteiger partial charge in [0.25, 0.3) is 10.0 Å². The number of benzene rings is 3. The molecule has 0 bridgehead atoms. The van der Waals surface area contributed by atoms with Crippen molar-refractivity contribution in [1.82, 2.24) is 14.9 Å². The summed E-state index contributed by atoms with van der Waals surface area (Å²) >= 11 is 0. The van der Waals surface area contributed by atoms with Gasteiger partial charge in [0.15, 0.2) is 0 Å². The zero-order chi connectivity index (χ0) is 25.5. The van der Waals surface area contributed by atoms with Gasteiger partial charge in [-0.2, -0.15) is 0 Å². The summed E-state index contributed by atoms with van der Waals surface area (Å²) in [7, 11) is -4.14. The molecule has 3 aromatic carbocycles. The molecule has 36 heavy (non-hydrogen) atoms. The van der Waals surface area contributed by atoms with Crippen molar-refractivity contribution in [3.63, 3.8) is 0 Å². The highest BCUT2D eigenvalue weighted by molar-refractivity contribution is 7.92. The maximum atomic E-state index is 13.5. The van der Waals surface area contributed by atoms with Gasteiger partial charge in [-0.3, -0.25) is 9.10 Å². The summed E-state index contributed by atoms with van der Waals surface area (Å²) in [5, 5.41) is 2.79. The first-order valence-corrected chi connectivity index (χ1v) is 12.7. The second kappa shape index (κ2) is 11.0. The number of nitrogens with one attached hydrogen (secondary N) is 1. The van der Waals surface area contributed by atoms with Gasteiger partial charge in [0, 0.05) is 18.9 Å². The van der Waals surface area contributed by atoms with Crippen molar-refractivity contribution in [3.8, 4) is 11.4 Å². The highest BCUT2D eigenvalue weighted by Gasteiger charge is 2.27. The molecule has 1 heterocycles. The number of para-hydroxylation sites is 1. The lowest BCUT2D eigenvalue weighted by Crippen LogP contribution is -2.40. The topological polar surface area (TPSA) is 93.5 Å². The van der Waals surface area contributed by atoms with E-state index in [1.54, 1.807) is 30.9 Å². The van der Waals surface area contributed by atoms with Crippen LogP contribution in [0.4, 0.5) is 10.1 Å². The van der Waals surface area contributed by atoms with E-state index in [0.717, 1.165) is 27.7 Å². The number of sulfonamides is 1. The molecule has 0 radical (unpaired) electrons. The summed E-state index contributed by atoms with van der Waals surface area (Å²) in [6, 6.07) is 18.3. The Balaban J connectivity index is 1.56. The predicted molar refractivity (Wildman–Crippen MR) is 134 cm³/mol. The number of imidazole rings is 1. The molecule has 0 saturated carbocycles. The van der Waals surface area contributed by atoms with E-state index in [1.165, 1.54) is 24.3 Å². The Kier molecular flexibility index (Phi) is 7.65. The first kappa shape index (κ1) is 24.9. The number of carbonyl (C=O) groups excluding carboxylic acids is 1. The van der Waals surface area contributed by atoms with Crippen molar-refractivity contribution in [3.05, 3.63) is 103 Å². The van der Waals surface area contributed by atoms with Crippen LogP contribution in [0.2, 0.25) is 0 Å². The minimum atomic E-state index is -4.14. The van der Waals surface area contributed by atoms with E-state index in [1.807, 2.05) is 35.8 Å². The van der Waals surface area contributed by atoms with Crippen molar-refractivity contribution < 1.29 is 22.3 Å². The Hall–Kier alpha value is -4.18. The minimum Gasteiger partial charge on any atom is -0.494 e. The van der Waals surface area contributed by atoms with E-state index in [9.17, 15) is 17.6 Å². The number of nitrogens with zero attached hydrogens (tertiary/aromatic N) is 3. The van der Waals surface area contributed by atoms with Gasteiger partial charge in [-0.05, 0) is 67.1 Å². The van der Waals surface area contributed by atoms with E-state index in [-0.39, 0.29) is 17.1 Å². The Labute approximate surface area is 209 Å². The Morgan fingerprint density at radius 3 is 2.44 bits per heavy atom. The highest BCUT2D eigenvalue weighted by Crippen LogP contribution is 2.25. The molecule has 0 fully saturated rings. The van der Waals surface area contributed by atoms with Crippen LogP contribution in [0.1, 0.15) is 12.5 Å². The number of ether oxygens (including phenoxy) is 1. The first-order chi connectivity index (χ1) is 17.4. The maximum Gasteiger partial charge on any atom is 0.264 e. The van der Waals surface area contributed by atoms with Gasteiger partial charge in [0.1, 0.15) is 18.1 Å². The van der Waals surface area contributed by atoms with Gasteiger partial charge in [-0.15, -0.1) is 0 Å². The number of hydrogen-bond donors (Lipinski definition) is 1. The van der Waals surface area contributed by atoms with Gasteiger partial charge < -0.3 is 14.6 Å². The van der Waals surface area contributed by atoms with Gasteiger partial charge in [0.2, 0.25) is 5.91 Å². The molecule has 1 amide bonds. The lowest BCUT2D eigenvalue weighted by atomic mass is 10.1. The molecule has 0 saturated heterocycles. The third-order valence-electron chi connectivity index (χ3n) is 5.37. The molecule has 4 rings (SSSR count). The molecule has 0 aliphatic carbocycles. The number of anilines is 1. The summed E-state index contributed by atoms with van der Waals surface area (Å²) in [6.45, 7) is 1.95. The lowest BCUT2D eigenvalue weighted by Gasteiger charge is -2.24. The number of carbonyl (C=O) groups is 1. The van der Waals surface area contributed by atoms with Crippen molar-refractivity contribution in [2.24, 2.45) is 0 Å². The average Bonchev–Trinajstić information content (AvgIpc) is 3.42. The molecule has 0 spiro atoms. The van der Waals surface area contributed by atoms with Crippen LogP contribution in [0.25, 0.3) is 5.69 Å². The number of aromatic nitrogens is 2. The zero-order valence-corrected chi connectivity index (χ0v) is 20.4. The molecule has 1 N–H and O–H groups in total. The van der Waals surface area contributed by atoms with Gasteiger partial charge in [-0.1, -0.05) is 18.2 Å². The molecule has 186 valence electrons. The van der Waals surface area contributed by atoms with Crippen molar-refractivity contribution in [2.45, 2.75) is 18.4 Å². The fourth-order valence-corrected chi connectivity index (χ4v) is 5.04. The minimum absolute atomic E-state index is 0.0199. The maximum absolute atomic E-state index is 13.5. The molecular formula is C26H25FN4O4S. The molecular weight excluding hydrogens is 483 g/mol. The molecule has 0 unspecified atom stereocenters. The van der Waals surface area contributed by atoms with E-state index < -0.39 is 28.3 Å². The molecule has 8 nitrogen and oxygen atoms in total. The van der Waals surface area contributed by atoms with Crippen molar-refractivity contribution in [1.29, 1.82) is 0 Å². The van der Waals surface area contributed by atoms with E-state index >= 15 is 0 Å². The summed E-state index contributed by atoms with van der Waals surface area (Å²) in [4.78, 5) is 17.0. The van der Waals surface area contributed by atoms with Crippen LogP contribution in [-0.4, -0.2) is 37.0 Å². The van der Waals surface area contributed by atoms with E-state index in [0.29, 0.717) is 12.4 Å². The molecule has 4 aromatic rings. The van der Waals surface area contributed by atoms with Crippen LogP contribution in [0, 0.1) is 5.82 Å². The van der Waals surface area contributed by atoms with E-state index in [4.69, 9.17) is 4.74 Å². The third-order valence-corrected chi connectivity index (χ3v) is 7.16. The van der Waals surface area contributed by atoms with Crippen molar-refractivity contribution >= 4 is 21.6 Å². The average molecular weight is 509 g/mol. The van der Waals surface area contributed by atoms with Crippen LogP contribution in [0.3, 0.4) is 0 Å². The lowest BCUT2D eigenvalue weighted by molar-refractivity contribution is -0.119. The van der Waals surface area contributed by atoms with Gasteiger partial charge in [0.05, 0.1) is 29.2 Å². The summed E-state index contributed by atoms with van der Waals surface area (Å²) in [5.41, 5.74) is 1.83. The SMILES string of the molecule is CCOc1ccc(S(=O)(=O)N(CC(=O)NCc2ccccc2-n2ccnc2)c2ccc(F)cc2)cc1. The highest BCUT2D eigenvalue weighted by atomic mass is 32.2. The standard InChI is InChI=1S/C26H25FN4O4S/c1-2-35-23-11-13-24(14-12-23)36(33,34)31(22-9-7-21(27)8-10-22)18-26(32)29-17-20-5-3-4-6-25(20)30-16-15-28-19-30/h3-16,19H,2,17-18H2,1H3,(H,29,32). The Morgan fingerprint density at radius 1 is 1.06 bits per heavy atom. The quantitative estimate of drug-likeness (QED) is 0.351. The Morgan fingerprint density at radius 2 is 1.78 bits per heavy atom. The Bertz CT molecular complexity index is 1410. The van der Waals surface area contributed by atoms with Crippen LogP contribution in [0.5, 0.6) is 5.75 Å². The summed E-state index contributed by atoms with van der Waals surface area (Å²) in [6.07, 6.45) is 5.10. The summed E-state index contributed by atoms with van der Waals surface area (Å²) in [5.74, 6) is -0.508. The smallest absolute Gasteiger partial charge is 0.264 e. The normalized spacial score (nSPS) is 11.2. The molecule has 0 aliphatic rings. The second-order valence-electron chi connectivity index (χ2n) is 7.77. The fraction of sp³-hybridized carbons (Fsp3) is 0.154. The molecule has 0 aliphatic heterocycles. The van der Waals surface area contributed by atoms with Gasteiger partial charge >= 0.3 is 0 Å². The van der Waals surface area contributed by atoms with Crippen LogP contribution in [-0.2, 0) is 21.4 Å². The van der Waals surface area contributed by atoms with Crippen LogP contribution < -0.4 is 14.4 Å². The van der Waals surface area contributed by atoms with Crippen LogP contribution >= 0.6 is 0 Å². The number of hydrogen-bond acceptors (Lipinski definition) is 5. The third kappa shape index (κ3) is 5.72. The fourth-order valence-electron chi connectivity index (χ4n) is 3.62. The molecule has 10 heteroatoms. The van der Waals surface area contributed by atoms with Crippen molar-refractivity contribution in [2.75, 3.05) is 17.5 Å². The molecule has 1 aromatic heterocycles. The molecule has 0 atom stereocenters. The van der Waals surface area contributed by atoms with Crippen LogP contribution in [0.15, 0.2) is 96.4 Å². The number of amides is 1. The zero-order valence-electron chi connectivity index (χ0n) is 19.5.